The van der Waals surface area contributed by atoms with E-state index in [0.717, 1.165) is 0 Å². The van der Waals surface area contributed by atoms with Crippen LogP contribution in [0.2, 0.25) is 0 Å². The Hall–Kier alpha value is -0.830. The van der Waals surface area contributed by atoms with Gasteiger partial charge in [0.15, 0.2) is 0 Å². The number of carbonyl (C=O) groups is 1. The Morgan fingerprint density at radius 2 is 2.30 bits per heavy atom. The average molecular weight is 142 g/mol. The SMILES string of the molecule is CC(C)NC(=O)/C=C/CN. The highest BCUT2D eigenvalue weighted by molar-refractivity contribution is 5.87. The molecular weight excluding hydrogens is 128 g/mol. The number of hydrogen-bond acceptors (Lipinski definition) is 2. The van der Waals surface area contributed by atoms with Gasteiger partial charge in [-0.3, -0.25) is 4.79 Å². The van der Waals surface area contributed by atoms with Gasteiger partial charge in [-0.15, -0.1) is 0 Å². The summed E-state index contributed by atoms with van der Waals surface area (Å²) in [7, 11) is 0. The van der Waals surface area contributed by atoms with Crippen LogP contribution in [0.1, 0.15) is 13.8 Å². The van der Waals surface area contributed by atoms with Crippen molar-refractivity contribution in [2.24, 2.45) is 5.73 Å². The van der Waals surface area contributed by atoms with E-state index in [1.807, 2.05) is 13.8 Å². The number of rotatable bonds is 3. The van der Waals surface area contributed by atoms with Crippen molar-refractivity contribution in [1.82, 2.24) is 5.32 Å². The predicted octanol–water partition coefficient (Wildman–Crippen LogP) is 0.0259. The van der Waals surface area contributed by atoms with Crippen molar-refractivity contribution in [2.45, 2.75) is 19.9 Å². The van der Waals surface area contributed by atoms with Crippen LogP contribution >= 0.6 is 0 Å². The molecule has 0 radical (unpaired) electrons. The van der Waals surface area contributed by atoms with Gasteiger partial charge in [0, 0.05) is 18.7 Å². The lowest BCUT2D eigenvalue weighted by molar-refractivity contribution is -0.116. The Bertz CT molecular complexity index is 130. The molecule has 0 unspecified atom stereocenters. The van der Waals surface area contributed by atoms with E-state index in [0.29, 0.717) is 6.54 Å². The van der Waals surface area contributed by atoms with Crippen molar-refractivity contribution in [1.29, 1.82) is 0 Å². The largest absolute Gasteiger partial charge is 0.350 e. The molecule has 10 heavy (non-hydrogen) atoms. The summed E-state index contributed by atoms with van der Waals surface area (Å²) in [6, 6.07) is 0.190. The molecule has 0 aromatic rings. The number of nitrogens with one attached hydrogen (secondary N) is 1. The van der Waals surface area contributed by atoms with Gasteiger partial charge < -0.3 is 11.1 Å². The summed E-state index contributed by atoms with van der Waals surface area (Å²) < 4.78 is 0. The van der Waals surface area contributed by atoms with Gasteiger partial charge in [0.25, 0.3) is 0 Å². The zero-order chi connectivity index (χ0) is 7.98. The summed E-state index contributed by atoms with van der Waals surface area (Å²) in [5.41, 5.74) is 5.14. The third kappa shape index (κ3) is 5.31. The third-order valence-corrected chi connectivity index (χ3v) is 0.836. The van der Waals surface area contributed by atoms with E-state index in [1.54, 1.807) is 6.08 Å². The Balaban J connectivity index is 3.54. The summed E-state index contributed by atoms with van der Waals surface area (Å²) in [6.45, 7) is 4.23. The topological polar surface area (TPSA) is 55.1 Å². The van der Waals surface area contributed by atoms with Crippen LogP contribution in [-0.2, 0) is 4.79 Å². The van der Waals surface area contributed by atoms with Crippen molar-refractivity contribution in [3.8, 4) is 0 Å². The number of amides is 1. The molecule has 0 heterocycles. The average Bonchev–Trinajstić information content (AvgIpc) is 1.82. The molecule has 0 aliphatic heterocycles. The lowest BCUT2D eigenvalue weighted by Gasteiger charge is -2.03. The first kappa shape index (κ1) is 9.17. The number of carbonyl (C=O) groups excluding carboxylic acids is 1. The maximum atomic E-state index is 10.8. The summed E-state index contributed by atoms with van der Waals surface area (Å²) in [6.07, 6.45) is 3.07. The van der Waals surface area contributed by atoms with Crippen LogP contribution in [-0.4, -0.2) is 18.5 Å². The van der Waals surface area contributed by atoms with E-state index < -0.39 is 0 Å². The molecule has 0 fully saturated rings. The second kappa shape index (κ2) is 4.99. The van der Waals surface area contributed by atoms with Crippen LogP contribution in [0.15, 0.2) is 12.2 Å². The molecule has 0 saturated carbocycles. The molecule has 0 aliphatic rings. The van der Waals surface area contributed by atoms with Crippen molar-refractivity contribution >= 4 is 5.91 Å². The minimum absolute atomic E-state index is 0.0829. The molecule has 0 aliphatic carbocycles. The Labute approximate surface area is 61.3 Å². The fraction of sp³-hybridized carbons (Fsp3) is 0.571. The Morgan fingerprint density at radius 1 is 1.70 bits per heavy atom. The number of hydrogen-bond donors (Lipinski definition) is 2. The lowest BCUT2D eigenvalue weighted by atomic mass is 10.4. The molecule has 58 valence electrons. The van der Waals surface area contributed by atoms with E-state index in [-0.39, 0.29) is 11.9 Å². The summed E-state index contributed by atoms with van der Waals surface area (Å²) in [5.74, 6) is -0.0829. The molecule has 0 aromatic heterocycles. The van der Waals surface area contributed by atoms with Gasteiger partial charge in [-0.05, 0) is 13.8 Å². The molecule has 0 rings (SSSR count). The number of nitrogens with two attached hydrogens (primary N) is 1. The molecule has 1 amide bonds. The van der Waals surface area contributed by atoms with Gasteiger partial charge in [0.1, 0.15) is 0 Å². The van der Waals surface area contributed by atoms with Gasteiger partial charge in [-0.25, -0.2) is 0 Å². The van der Waals surface area contributed by atoms with Gasteiger partial charge in [-0.1, -0.05) is 6.08 Å². The van der Waals surface area contributed by atoms with E-state index in [2.05, 4.69) is 5.32 Å². The highest BCUT2D eigenvalue weighted by atomic mass is 16.1. The fourth-order valence-corrected chi connectivity index (χ4v) is 0.508. The Morgan fingerprint density at radius 3 is 2.70 bits per heavy atom. The maximum absolute atomic E-state index is 10.8. The van der Waals surface area contributed by atoms with Crippen molar-refractivity contribution in [3.63, 3.8) is 0 Å². The Kier molecular flexibility index (Phi) is 4.58. The van der Waals surface area contributed by atoms with Crippen LogP contribution < -0.4 is 11.1 Å². The molecule has 3 nitrogen and oxygen atoms in total. The predicted molar refractivity (Wildman–Crippen MR) is 41.5 cm³/mol. The molecule has 0 aromatic carbocycles. The molecule has 0 spiro atoms. The van der Waals surface area contributed by atoms with Gasteiger partial charge in [0.2, 0.25) is 5.91 Å². The smallest absolute Gasteiger partial charge is 0.243 e. The standard InChI is InChI=1S/C7H14N2O/c1-6(2)9-7(10)4-3-5-8/h3-4,6H,5,8H2,1-2H3,(H,9,10)/b4-3+. The minimum Gasteiger partial charge on any atom is -0.350 e. The summed E-state index contributed by atoms with van der Waals surface area (Å²) in [5, 5.41) is 2.70. The molecule has 0 saturated heterocycles. The first-order chi connectivity index (χ1) is 4.66. The molecule has 3 heteroatoms. The normalized spacial score (nSPS) is 10.8. The summed E-state index contributed by atoms with van der Waals surface area (Å²) >= 11 is 0. The second-order valence-corrected chi connectivity index (χ2v) is 2.30. The molecule has 3 N–H and O–H groups in total. The van der Waals surface area contributed by atoms with Gasteiger partial charge in [0.05, 0.1) is 0 Å². The van der Waals surface area contributed by atoms with Crippen LogP contribution in [0.3, 0.4) is 0 Å². The fourth-order valence-electron chi connectivity index (χ4n) is 0.508. The zero-order valence-electron chi connectivity index (χ0n) is 6.42. The van der Waals surface area contributed by atoms with Gasteiger partial charge >= 0.3 is 0 Å². The van der Waals surface area contributed by atoms with Crippen molar-refractivity contribution in [2.75, 3.05) is 6.54 Å². The molecule has 0 atom stereocenters. The van der Waals surface area contributed by atoms with Crippen LogP contribution in [0.5, 0.6) is 0 Å². The third-order valence-electron chi connectivity index (χ3n) is 0.836. The van der Waals surface area contributed by atoms with Crippen LogP contribution in [0.25, 0.3) is 0 Å². The lowest BCUT2D eigenvalue weighted by Crippen LogP contribution is -2.28. The summed E-state index contributed by atoms with van der Waals surface area (Å²) in [4.78, 5) is 10.8. The first-order valence-corrected chi connectivity index (χ1v) is 3.34. The van der Waals surface area contributed by atoms with E-state index in [9.17, 15) is 4.79 Å². The highest BCUT2D eigenvalue weighted by Crippen LogP contribution is 1.77. The van der Waals surface area contributed by atoms with Gasteiger partial charge in [-0.2, -0.15) is 0 Å². The van der Waals surface area contributed by atoms with E-state index in [1.165, 1.54) is 6.08 Å². The quantitative estimate of drug-likeness (QED) is 0.546. The second-order valence-electron chi connectivity index (χ2n) is 2.30. The zero-order valence-corrected chi connectivity index (χ0v) is 6.42. The van der Waals surface area contributed by atoms with E-state index in [4.69, 9.17) is 5.73 Å². The maximum Gasteiger partial charge on any atom is 0.243 e. The molecule has 0 bridgehead atoms. The minimum atomic E-state index is -0.0829. The molecular formula is C7H14N2O. The van der Waals surface area contributed by atoms with E-state index >= 15 is 0 Å². The monoisotopic (exact) mass is 142 g/mol. The van der Waals surface area contributed by atoms with Crippen LogP contribution in [0, 0.1) is 0 Å². The first-order valence-electron chi connectivity index (χ1n) is 3.34. The van der Waals surface area contributed by atoms with Crippen LogP contribution in [0.4, 0.5) is 0 Å². The highest BCUT2D eigenvalue weighted by Gasteiger charge is 1.95. The van der Waals surface area contributed by atoms with Crippen molar-refractivity contribution < 1.29 is 4.79 Å². The van der Waals surface area contributed by atoms with Crippen molar-refractivity contribution in [3.05, 3.63) is 12.2 Å².